The van der Waals surface area contributed by atoms with Crippen LogP contribution in [0, 0.1) is 0 Å². The Balaban J connectivity index is 2.45. The van der Waals surface area contributed by atoms with Crippen LogP contribution in [0.4, 0.5) is 10.5 Å². The number of hydrogen-bond acceptors (Lipinski definition) is 3. The molecule has 0 bridgehead atoms. The minimum atomic E-state index is -0.429. The van der Waals surface area contributed by atoms with Crippen molar-refractivity contribution >= 4 is 40.8 Å². The number of nitrogens with zero attached hydrogens (tertiary/aromatic N) is 3. The molecule has 1 aliphatic heterocycles. The highest BCUT2D eigenvalue weighted by molar-refractivity contribution is 6.42. The zero-order chi connectivity index (χ0) is 15.0. The highest BCUT2D eigenvalue weighted by Gasteiger charge is 2.40. The van der Waals surface area contributed by atoms with Gasteiger partial charge < -0.3 is 4.90 Å². The first-order valence-corrected chi connectivity index (χ1v) is 6.54. The van der Waals surface area contributed by atoms with Gasteiger partial charge in [-0.15, -0.1) is 0 Å². The van der Waals surface area contributed by atoms with E-state index in [1.165, 1.54) is 11.0 Å². The fourth-order valence-corrected chi connectivity index (χ4v) is 2.13. The third kappa shape index (κ3) is 2.46. The average Bonchev–Trinajstić information content (AvgIpc) is 2.57. The van der Waals surface area contributed by atoms with E-state index in [0.29, 0.717) is 16.4 Å². The molecule has 0 aromatic heterocycles. The Labute approximate surface area is 126 Å². The molecule has 0 unspecified atom stereocenters. The van der Waals surface area contributed by atoms with E-state index in [2.05, 4.69) is 0 Å². The Hall–Kier alpha value is -1.72. The summed E-state index contributed by atoms with van der Waals surface area (Å²) in [6.07, 6.45) is 1.59. The summed E-state index contributed by atoms with van der Waals surface area (Å²) in [6, 6.07) is 4.19. The highest BCUT2D eigenvalue weighted by Crippen LogP contribution is 2.31. The molecule has 7 heteroatoms. The number of amides is 3. The number of halogens is 2. The topological polar surface area (TPSA) is 43.9 Å². The average molecular weight is 314 g/mol. The summed E-state index contributed by atoms with van der Waals surface area (Å²) in [4.78, 5) is 28.6. The van der Waals surface area contributed by atoms with Gasteiger partial charge in [0.15, 0.2) is 0 Å². The predicted octanol–water partition coefficient (Wildman–Crippen LogP) is 2.79. The Morgan fingerprint density at radius 3 is 2.35 bits per heavy atom. The van der Waals surface area contributed by atoms with E-state index in [4.69, 9.17) is 23.2 Å². The van der Waals surface area contributed by atoms with Crippen molar-refractivity contribution in [2.24, 2.45) is 0 Å². The van der Waals surface area contributed by atoms with Crippen molar-refractivity contribution in [1.82, 2.24) is 9.80 Å². The lowest BCUT2D eigenvalue weighted by atomic mass is 10.3. The Kier molecular flexibility index (Phi) is 3.92. The summed E-state index contributed by atoms with van der Waals surface area (Å²) in [6.45, 7) is 0. The lowest BCUT2D eigenvalue weighted by Gasteiger charge is -2.13. The molecule has 1 heterocycles. The molecule has 0 atom stereocenters. The summed E-state index contributed by atoms with van der Waals surface area (Å²) < 4.78 is 0. The number of urea groups is 1. The number of anilines is 1. The molecule has 0 N–H and O–H groups in total. The van der Waals surface area contributed by atoms with Gasteiger partial charge >= 0.3 is 6.03 Å². The molecule has 0 spiro atoms. The maximum atomic E-state index is 12.4. The monoisotopic (exact) mass is 313 g/mol. The van der Waals surface area contributed by atoms with Crippen LogP contribution in [0.15, 0.2) is 30.1 Å². The van der Waals surface area contributed by atoms with Gasteiger partial charge in [-0.05, 0) is 18.2 Å². The van der Waals surface area contributed by atoms with Crippen LogP contribution in [-0.4, -0.2) is 42.9 Å². The largest absolute Gasteiger partial charge is 0.382 e. The summed E-state index contributed by atoms with van der Waals surface area (Å²) in [5.41, 5.74) is 0.689. The zero-order valence-electron chi connectivity index (χ0n) is 11.2. The number of benzene rings is 1. The third-order valence-electron chi connectivity index (χ3n) is 2.80. The summed E-state index contributed by atoms with van der Waals surface area (Å²) >= 11 is 11.8. The van der Waals surface area contributed by atoms with Gasteiger partial charge in [-0.25, -0.2) is 9.69 Å². The van der Waals surface area contributed by atoms with Crippen molar-refractivity contribution < 1.29 is 9.59 Å². The van der Waals surface area contributed by atoms with Crippen molar-refractivity contribution in [2.45, 2.75) is 0 Å². The number of rotatable bonds is 2. The van der Waals surface area contributed by atoms with Gasteiger partial charge in [-0.3, -0.25) is 9.69 Å². The predicted molar refractivity (Wildman–Crippen MR) is 78.9 cm³/mol. The Morgan fingerprint density at radius 2 is 1.80 bits per heavy atom. The smallest absolute Gasteiger partial charge is 0.336 e. The summed E-state index contributed by atoms with van der Waals surface area (Å²) in [5.74, 6) is -0.399. The molecule has 0 aliphatic carbocycles. The second kappa shape index (κ2) is 5.34. The molecule has 1 fully saturated rings. The van der Waals surface area contributed by atoms with Gasteiger partial charge in [0.25, 0.3) is 5.91 Å². The van der Waals surface area contributed by atoms with E-state index in [-0.39, 0.29) is 5.02 Å². The molecule has 2 rings (SSSR count). The van der Waals surface area contributed by atoms with Gasteiger partial charge in [0.1, 0.15) is 5.70 Å². The highest BCUT2D eigenvalue weighted by atomic mass is 35.5. The Morgan fingerprint density at radius 1 is 1.15 bits per heavy atom. The van der Waals surface area contributed by atoms with Crippen molar-refractivity contribution in [3.8, 4) is 0 Å². The fraction of sp³-hybridized carbons (Fsp3) is 0.231. The van der Waals surface area contributed by atoms with Crippen molar-refractivity contribution in [1.29, 1.82) is 0 Å². The number of carbonyl (C=O) groups excluding carboxylic acids is 2. The molecule has 1 aromatic carbocycles. The van der Waals surface area contributed by atoms with E-state index in [9.17, 15) is 9.59 Å². The van der Waals surface area contributed by atoms with Crippen molar-refractivity contribution in [3.63, 3.8) is 0 Å². The second-order valence-electron chi connectivity index (χ2n) is 4.56. The summed E-state index contributed by atoms with van der Waals surface area (Å²) in [7, 11) is 5.11. The molecular weight excluding hydrogens is 301 g/mol. The van der Waals surface area contributed by atoms with Gasteiger partial charge in [-0.1, -0.05) is 23.2 Å². The Bertz CT molecular complexity index is 614. The van der Waals surface area contributed by atoms with Crippen LogP contribution in [0.5, 0.6) is 0 Å². The zero-order valence-corrected chi connectivity index (χ0v) is 12.7. The number of likely N-dealkylation sites (N-methyl/N-ethyl adjacent to an activating group) is 1. The van der Waals surface area contributed by atoms with Gasteiger partial charge in [0, 0.05) is 27.3 Å². The van der Waals surface area contributed by atoms with Crippen molar-refractivity contribution in [2.75, 3.05) is 26.0 Å². The number of hydrogen-bond donors (Lipinski definition) is 0. The molecule has 1 saturated heterocycles. The molecule has 5 nitrogen and oxygen atoms in total. The molecule has 3 amide bonds. The SMILES string of the molecule is CN(C)/C=C1/C(=O)N(c2ccc(Cl)c(Cl)c2)C(=O)N1C. The standard InChI is InChI=1S/C13H13Cl2N3O2/c1-16(2)7-11-12(19)18(13(20)17(11)3)8-4-5-9(14)10(15)6-8/h4-7H,1-3H3/b11-7-. The number of imide groups is 1. The van der Waals surface area contributed by atoms with Crippen LogP contribution in [0.3, 0.4) is 0 Å². The lowest BCUT2D eigenvalue weighted by molar-refractivity contribution is -0.114. The quantitative estimate of drug-likeness (QED) is 0.623. The maximum absolute atomic E-state index is 12.4. The second-order valence-corrected chi connectivity index (χ2v) is 5.37. The van der Waals surface area contributed by atoms with E-state index in [1.807, 2.05) is 0 Å². The first kappa shape index (κ1) is 14.7. The fourth-order valence-electron chi connectivity index (χ4n) is 1.84. The van der Waals surface area contributed by atoms with Gasteiger partial charge in [0.2, 0.25) is 0 Å². The summed E-state index contributed by atoms with van der Waals surface area (Å²) in [5, 5.41) is 0.657. The van der Waals surface area contributed by atoms with Gasteiger partial charge in [0.05, 0.1) is 15.7 Å². The van der Waals surface area contributed by atoms with Crippen LogP contribution < -0.4 is 4.90 Å². The van der Waals surface area contributed by atoms with Crippen molar-refractivity contribution in [3.05, 3.63) is 40.1 Å². The molecule has 1 aliphatic rings. The molecule has 106 valence electrons. The van der Waals surface area contributed by atoms with Crippen LogP contribution in [0.2, 0.25) is 10.0 Å². The molecule has 0 saturated carbocycles. The van der Waals surface area contributed by atoms with E-state index >= 15 is 0 Å². The third-order valence-corrected chi connectivity index (χ3v) is 3.54. The minimum Gasteiger partial charge on any atom is -0.382 e. The molecule has 20 heavy (non-hydrogen) atoms. The lowest BCUT2D eigenvalue weighted by Crippen LogP contribution is -2.31. The minimum absolute atomic E-state index is 0.289. The molecule has 0 radical (unpaired) electrons. The first-order valence-electron chi connectivity index (χ1n) is 5.78. The van der Waals surface area contributed by atoms with Crippen LogP contribution >= 0.6 is 23.2 Å². The van der Waals surface area contributed by atoms with Gasteiger partial charge in [-0.2, -0.15) is 0 Å². The number of carbonyl (C=O) groups is 2. The van der Waals surface area contributed by atoms with Crippen LogP contribution in [-0.2, 0) is 4.79 Å². The van der Waals surface area contributed by atoms with E-state index < -0.39 is 11.9 Å². The maximum Gasteiger partial charge on any atom is 0.336 e. The first-order chi connectivity index (χ1) is 9.32. The van der Waals surface area contributed by atoms with E-state index in [1.54, 1.807) is 44.4 Å². The van der Waals surface area contributed by atoms with Crippen LogP contribution in [0.1, 0.15) is 0 Å². The normalized spacial score (nSPS) is 17.4. The molecule has 1 aromatic rings. The molecular formula is C13H13Cl2N3O2. The van der Waals surface area contributed by atoms with E-state index in [0.717, 1.165) is 4.90 Å². The van der Waals surface area contributed by atoms with Crippen LogP contribution in [0.25, 0.3) is 0 Å².